The number of ether oxygens (including phenoxy) is 2. The molecule has 1 aromatic carbocycles. The van der Waals surface area contributed by atoms with Crippen LogP contribution in [0.3, 0.4) is 0 Å². The van der Waals surface area contributed by atoms with Crippen molar-refractivity contribution in [2.24, 2.45) is 5.41 Å². The Morgan fingerprint density at radius 2 is 1.96 bits per heavy atom. The lowest BCUT2D eigenvalue weighted by Crippen LogP contribution is -2.52. The summed E-state index contributed by atoms with van der Waals surface area (Å²) in [6, 6.07) is 5.38. The molecular weight excluding hydrogens is 350 g/mol. The predicted molar refractivity (Wildman–Crippen MR) is 97.3 cm³/mol. The number of carbonyl (C=O) groups is 2. The number of hydrogen-bond acceptors (Lipinski definition) is 5. The number of amides is 2. The van der Waals surface area contributed by atoms with Crippen molar-refractivity contribution in [1.29, 1.82) is 0 Å². The normalized spacial score (nSPS) is 27.6. The first-order valence-corrected chi connectivity index (χ1v) is 9.21. The summed E-state index contributed by atoms with van der Waals surface area (Å²) in [4.78, 5) is 30.9. The number of carboxylic acid groups (broad SMARTS) is 1. The van der Waals surface area contributed by atoms with Crippen LogP contribution in [0.15, 0.2) is 18.2 Å². The number of piperazine rings is 1. The van der Waals surface area contributed by atoms with Crippen LogP contribution in [-0.4, -0.2) is 91.8 Å². The van der Waals surface area contributed by atoms with Crippen LogP contribution in [0.5, 0.6) is 11.5 Å². The van der Waals surface area contributed by atoms with Crippen LogP contribution in [0.1, 0.15) is 11.5 Å². The third-order valence-corrected chi connectivity index (χ3v) is 6.09. The monoisotopic (exact) mass is 375 g/mol. The number of nitrogens with zero attached hydrogens (tertiary/aromatic N) is 3. The number of likely N-dealkylation sites (N-methyl/N-ethyl adjacent to an activating group) is 1. The molecule has 0 radical (unpaired) electrons. The van der Waals surface area contributed by atoms with Gasteiger partial charge in [0, 0.05) is 56.8 Å². The Kier molecular flexibility index (Phi) is 4.38. The topological polar surface area (TPSA) is 82.5 Å². The van der Waals surface area contributed by atoms with E-state index in [1.807, 2.05) is 24.1 Å². The van der Waals surface area contributed by atoms with Crippen LogP contribution in [0.2, 0.25) is 0 Å². The molecule has 1 aromatic rings. The average molecular weight is 375 g/mol. The number of methoxy groups -OCH3 is 1. The molecule has 0 bridgehead atoms. The van der Waals surface area contributed by atoms with Gasteiger partial charge in [0.25, 0.3) is 0 Å². The van der Waals surface area contributed by atoms with Gasteiger partial charge in [-0.3, -0.25) is 4.79 Å². The molecule has 8 nitrogen and oxygen atoms in total. The number of fused-ring (bicyclic) bond motifs is 3. The van der Waals surface area contributed by atoms with Crippen LogP contribution < -0.4 is 9.47 Å². The van der Waals surface area contributed by atoms with Crippen molar-refractivity contribution in [3.63, 3.8) is 0 Å². The van der Waals surface area contributed by atoms with Crippen molar-refractivity contribution in [1.82, 2.24) is 14.7 Å². The fourth-order valence-corrected chi connectivity index (χ4v) is 4.34. The van der Waals surface area contributed by atoms with Gasteiger partial charge in [-0.2, -0.15) is 0 Å². The van der Waals surface area contributed by atoms with Gasteiger partial charge in [-0.1, -0.05) is 6.07 Å². The van der Waals surface area contributed by atoms with Crippen molar-refractivity contribution in [2.75, 3.05) is 60.0 Å². The van der Waals surface area contributed by atoms with Gasteiger partial charge in [-0.05, 0) is 13.1 Å². The number of carbonyl (C=O) groups excluding carboxylic acids is 1. The standard InChI is InChI=1S/C19H25N3O5/c1-20-5-7-21(8-6-20)18(25)22-10-15-14-4-3-13(26-2)9-16(14)27-12-19(15,11-22)17(23)24/h3-4,9,15H,5-8,10-12H2,1-2H3,(H,23,24)/t15-,19-/m1/s1. The molecule has 146 valence electrons. The summed E-state index contributed by atoms with van der Waals surface area (Å²) < 4.78 is 11.1. The maximum absolute atomic E-state index is 13.0. The zero-order valence-corrected chi connectivity index (χ0v) is 15.7. The molecule has 8 heteroatoms. The van der Waals surface area contributed by atoms with E-state index in [4.69, 9.17) is 9.47 Å². The van der Waals surface area contributed by atoms with E-state index in [1.54, 1.807) is 18.1 Å². The van der Waals surface area contributed by atoms with Crippen LogP contribution in [-0.2, 0) is 4.79 Å². The number of urea groups is 1. The van der Waals surface area contributed by atoms with E-state index in [9.17, 15) is 14.7 Å². The number of rotatable bonds is 2. The van der Waals surface area contributed by atoms with Gasteiger partial charge < -0.3 is 29.3 Å². The predicted octanol–water partition coefficient (Wildman–Crippen LogP) is 0.925. The lowest BCUT2D eigenvalue weighted by atomic mass is 9.73. The smallest absolute Gasteiger partial charge is 0.320 e. The second-order valence-corrected chi connectivity index (χ2v) is 7.66. The molecule has 0 spiro atoms. The van der Waals surface area contributed by atoms with E-state index in [1.165, 1.54) is 0 Å². The Morgan fingerprint density at radius 3 is 2.63 bits per heavy atom. The zero-order chi connectivity index (χ0) is 19.2. The molecule has 2 amide bonds. The first-order chi connectivity index (χ1) is 12.9. The van der Waals surface area contributed by atoms with Gasteiger partial charge in [-0.25, -0.2) is 4.79 Å². The lowest BCUT2D eigenvalue weighted by molar-refractivity contribution is -0.151. The van der Waals surface area contributed by atoms with E-state index in [-0.39, 0.29) is 25.1 Å². The SMILES string of the molecule is COc1ccc2c(c1)OC[C@]1(C(=O)O)CN(C(=O)N3CCN(C)CC3)C[C@H]21. The van der Waals surface area contributed by atoms with Crippen LogP contribution in [0, 0.1) is 5.41 Å². The number of aliphatic carboxylic acids is 1. The third-order valence-electron chi connectivity index (χ3n) is 6.09. The molecule has 0 aromatic heterocycles. The fraction of sp³-hybridized carbons (Fsp3) is 0.579. The largest absolute Gasteiger partial charge is 0.497 e. The molecule has 1 N–H and O–H groups in total. The molecule has 2 atom stereocenters. The number of likely N-dealkylation sites (tertiary alicyclic amines) is 1. The Labute approximate surface area is 158 Å². The van der Waals surface area contributed by atoms with Gasteiger partial charge in [-0.15, -0.1) is 0 Å². The molecule has 0 saturated carbocycles. The van der Waals surface area contributed by atoms with Gasteiger partial charge in [0.15, 0.2) is 0 Å². The van der Waals surface area contributed by atoms with Gasteiger partial charge >= 0.3 is 12.0 Å². The van der Waals surface area contributed by atoms with E-state index in [0.29, 0.717) is 31.1 Å². The molecule has 3 heterocycles. The molecular formula is C19H25N3O5. The molecule has 4 rings (SSSR count). The van der Waals surface area contributed by atoms with Crippen molar-refractivity contribution in [3.8, 4) is 11.5 Å². The third kappa shape index (κ3) is 2.88. The number of carboxylic acids is 1. The summed E-state index contributed by atoms with van der Waals surface area (Å²) >= 11 is 0. The molecule has 27 heavy (non-hydrogen) atoms. The highest BCUT2D eigenvalue weighted by molar-refractivity contribution is 5.82. The van der Waals surface area contributed by atoms with Crippen LogP contribution in [0.4, 0.5) is 4.79 Å². The minimum absolute atomic E-state index is 0.0552. The van der Waals surface area contributed by atoms with Gasteiger partial charge in [0.1, 0.15) is 23.5 Å². The minimum Gasteiger partial charge on any atom is -0.497 e. The second kappa shape index (κ2) is 6.60. The Hall–Kier alpha value is -2.48. The van der Waals surface area contributed by atoms with Crippen LogP contribution >= 0.6 is 0 Å². The maximum atomic E-state index is 13.0. The molecule has 0 aliphatic carbocycles. The Balaban J connectivity index is 1.61. The van der Waals surface area contributed by atoms with E-state index in [2.05, 4.69) is 4.90 Å². The van der Waals surface area contributed by atoms with Gasteiger partial charge in [0.05, 0.1) is 7.11 Å². The van der Waals surface area contributed by atoms with Crippen molar-refractivity contribution in [3.05, 3.63) is 23.8 Å². The first-order valence-electron chi connectivity index (χ1n) is 9.21. The number of hydrogen-bond donors (Lipinski definition) is 1. The van der Waals surface area contributed by atoms with E-state index >= 15 is 0 Å². The first kappa shape index (κ1) is 17.9. The van der Waals surface area contributed by atoms with Crippen LogP contribution in [0.25, 0.3) is 0 Å². The highest BCUT2D eigenvalue weighted by Gasteiger charge is 2.58. The summed E-state index contributed by atoms with van der Waals surface area (Å²) in [5.41, 5.74) is -0.276. The summed E-state index contributed by atoms with van der Waals surface area (Å²) in [7, 11) is 3.62. The quantitative estimate of drug-likeness (QED) is 0.828. The highest BCUT2D eigenvalue weighted by atomic mass is 16.5. The van der Waals surface area contributed by atoms with Crippen molar-refractivity contribution < 1.29 is 24.2 Å². The molecule has 3 aliphatic heterocycles. The molecule has 2 fully saturated rings. The second-order valence-electron chi connectivity index (χ2n) is 7.66. The van der Waals surface area contributed by atoms with Gasteiger partial charge in [0.2, 0.25) is 0 Å². The maximum Gasteiger partial charge on any atom is 0.320 e. The fourth-order valence-electron chi connectivity index (χ4n) is 4.34. The molecule has 3 aliphatic rings. The highest BCUT2D eigenvalue weighted by Crippen LogP contribution is 2.50. The Bertz CT molecular complexity index is 762. The number of benzene rings is 1. The summed E-state index contributed by atoms with van der Waals surface area (Å²) in [5, 5.41) is 10.0. The molecule has 0 unspecified atom stereocenters. The Morgan fingerprint density at radius 1 is 1.22 bits per heavy atom. The summed E-state index contributed by atoms with van der Waals surface area (Å²) in [5.74, 6) is 0.105. The zero-order valence-electron chi connectivity index (χ0n) is 15.7. The summed E-state index contributed by atoms with van der Waals surface area (Å²) in [6.07, 6.45) is 0. The minimum atomic E-state index is -1.11. The van der Waals surface area contributed by atoms with E-state index in [0.717, 1.165) is 18.7 Å². The lowest BCUT2D eigenvalue weighted by Gasteiger charge is -2.36. The summed E-state index contributed by atoms with van der Waals surface area (Å²) in [6.45, 7) is 3.61. The molecule has 2 saturated heterocycles. The van der Waals surface area contributed by atoms with E-state index < -0.39 is 11.4 Å². The van der Waals surface area contributed by atoms with Crippen molar-refractivity contribution in [2.45, 2.75) is 5.92 Å². The average Bonchev–Trinajstić information content (AvgIpc) is 3.09. The van der Waals surface area contributed by atoms with Crippen molar-refractivity contribution >= 4 is 12.0 Å².